The molecule has 0 spiro atoms. The average molecular weight is 282 g/mol. The standard InChI is InChI=1S/C15H29F3O/c1-7-9-12(8-2)13(3,4)10-11-19-14(5,6)15(16,17)18/h12H,7-11H2,1-6H3. The molecule has 0 aliphatic heterocycles. The molecule has 1 atom stereocenters. The van der Waals surface area contributed by atoms with Crippen LogP contribution in [0.15, 0.2) is 0 Å². The minimum Gasteiger partial charge on any atom is -0.366 e. The van der Waals surface area contributed by atoms with E-state index >= 15 is 0 Å². The summed E-state index contributed by atoms with van der Waals surface area (Å²) in [6.45, 7) is 10.9. The predicted octanol–water partition coefficient (Wildman–Crippen LogP) is 5.59. The van der Waals surface area contributed by atoms with E-state index in [9.17, 15) is 13.2 Å². The fourth-order valence-corrected chi connectivity index (χ4v) is 2.35. The summed E-state index contributed by atoms with van der Waals surface area (Å²) in [6.07, 6.45) is -0.373. The Balaban J connectivity index is 4.40. The summed E-state index contributed by atoms with van der Waals surface area (Å²) >= 11 is 0. The largest absolute Gasteiger partial charge is 0.416 e. The zero-order valence-corrected chi connectivity index (χ0v) is 13.2. The Morgan fingerprint density at radius 2 is 1.53 bits per heavy atom. The molecule has 0 heterocycles. The van der Waals surface area contributed by atoms with Crippen molar-refractivity contribution in [3.05, 3.63) is 0 Å². The van der Waals surface area contributed by atoms with E-state index in [1.54, 1.807) is 0 Å². The second-order valence-electron chi connectivity index (χ2n) is 6.49. The van der Waals surface area contributed by atoms with Gasteiger partial charge in [-0.15, -0.1) is 0 Å². The van der Waals surface area contributed by atoms with Gasteiger partial charge in [-0.3, -0.25) is 0 Å². The second-order valence-corrected chi connectivity index (χ2v) is 6.49. The quantitative estimate of drug-likeness (QED) is 0.564. The van der Waals surface area contributed by atoms with Gasteiger partial charge in [-0.2, -0.15) is 13.2 Å². The molecule has 0 aliphatic carbocycles. The van der Waals surface area contributed by atoms with E-state index < -0.39 is 11.8 Å². The van der Waals surface area contributed by atoms with Crippen LogP contribution < -0.4 is 0 Å². The van der Waals surface area contributed by atoms with Crippen molar-refractivity contribution in [1.82, 2.24) is 0 Å². The smallest absolute Gasteiger partial charge is 0.366 e. The monoisotopic (exact) mass is 282 g/mol. The normalized spacial score (nSPS) is 15.6. The lowest BCUT2D eigenvalue weighted by Crippen LogP contribution is -2.42. The molecule has 1 unspecified atom stereocenters. The number of hydrogen-bond acceptors (Lipinski definition) is 1. The van der Waals surface area contributed by atoms with Crippen LogP contribution >= 0.6 is 0 Å². The third kappa shape index (κ3) is 5.72. The lowest BCUT2D eigenvalue weighted by atomic mass is 9.73. The molecule has 0 N–H and O–H groups in total. The van der Waals surface area contributed by atoms with Gasteiger partial charge in [0, 0.05) is 6.61 Å². The molecule has 4 heteroatoms. The number of alkyl halides is 3. The van der Waals surface area contributed by atoms with Gasteiger partial charge in [-0.25, -0.2) is 0 Å². The van der Waals surface area contributed by atoms with E-state index in [0.29, 0.717) is 12.3 Å². The van der Waals surface area contributed by atoms with Crippen molar-refractivity contribution in [2.75, 3.05) is 6.61 Å². The Labute approximate surface area is 115 Å². The third-order valence-electron chi connectivity index (χ3n) is 4.13. The summed E-state index contributed by atoms with van der Waals surface area (Å²) in [4.78, 5) is 0. The molecule has 0 fully saturated rings. The van der Waals surface area contributed by atoms with Crippen molar-refractivity contribution >= 4 is 0 Å². The first-order valence-electron chi connectivity index (χ1n) is 7.18. The highest BCUT2D eigenvalue weighted by Gasteiger charge is 2.48. The van der Waals surface area contributed by atoms with Crippen LogP contribution in [0.1, 0.15) is 67.2 Å². The van der Waals surface area contributed by atoms with Crippen LogP contribution in [0.4, 0.5) is 13.2 Å². The molecule has 0 rings (SSSR count). The lowest BCUT2D eigenvalue weighted by molar-refractivity contribution is -0.265. The van der Waals surface area contributed by atoms with Crippen molar-refractivity contribution in [3.8, 4) is 0 Å². The maximum absolute atomic E-state index is 12.7. The molecule has 1 nitrogen and oxygen atoms in total. The van der Waals surface area contributed by atoms with Crippen molar-refractivity contribution in [1.29, 1.82) is 0 Å². The van der Waals surface area contributed by atoms with Gasteiger partial charge in [0.05, 0.1) is 0 Å². The number of rotatable bonds is 8. The van der Waals surface area contributed by atoms with Gasteiger partial charge in [0.1, 0.15) is 0 Å². The van der Waals surface area contributed by atoms with Crippen molar-refractivity contribution < 1.29 is 17.9 Å². The fourth-order valence-electron chi connectivity index (χ4n) is 2.35. The first kappa shape index (κ1) is 18.8. The number of halogens is 3. The SMILES string of the molecule is CCCC(CC)C(C)(C)CCOC(C)(C)C(F)(F)F. The van der Waals surface area contributed by atoms with Gasteiger partial charge in [-0.1, -0.05) is 47.0 Å². The summed E-state index contributed by atoms with van der Waals surface area (Å²) in [6, 6.07) is 0. The average Bonchev–Trinajstić information content (AvgIpc) is 2.23. The van der Waals surface area contributed by atoms with Crippen LogP contribution in [0.2, 0.25) is 0 Å². The molecule has 116 valence electrons. The van der Waals surface area contributed by atoms with Crippen molar-refractivity contribution in [2.45, 2.75) is 79.0 Å². The molecule has 0 amide bonds. The van der Waals surface area contributed by atoms with Crippen molar-refractivity contribution in [3.63, 3.8) is 0 Å². The fraction of sp³-hybridized carbons (Fsp3) is 1.00. The minimum atomic E-state index is -4.31. The molecular formula is C15H29F3O. The van der Waals surface area contributed by atoms with E-state index in [1.807, 2.05) is 0 Å². The Bertz CT molecular complexity index is 257. The van der Waals surface area contributed by atoms with Gasteiger partial charge < -0.3 is 4.74 Å². The predicted molar refractivity (Wildman–Crippen MR) is 73.2 cm³/mol. The maximum Gasteiger partial charge on any atom is 0.416 e. The molecule has 0 aliphatic rings. The zero-order valence-electron chi connectivity index (χ0n) is 13.2. The summed E-state index contributed by atoms with van der Waals surface area (Å²) in [5, 5.41) is 0. The molecule has 19 heavy (non-hydrogen) atoms. The highest BCUT2D eigenvalue weighted by Crippen LogP contribution is 2.38. The molecule has 0 bridgehead atoms. The first-order valence-corrected chi connectivity index (χ1v) is 7.18. The maximum atomic E-state index is 12.7. The molecular weight excluding hydrogens is 253 g/mol. The van der Waals surface area contributed by atoms with E-state index in [4.69, 9.17) is 4.74 Å². The van der Waals surface area contributed by atoms with Crippen LogP contribution in [0.25, 0.3) is 0 Å². The molecule has 0 saturated heterocycles. The number of hydrogen-bond donors (Lipinski definition) is 0. The Hall–Kier alpha value is -0.250. The minimum absolute atomic E-state index is 0.0203. The van der Waals surface area contributed by atoms with Gasteiger partial charge >= 0.3 is 6.18 Å². The van der Waals surface area contributed by atoms with E-state index in [-0.39, 0.29) is 12.0 Å². The molecule has 0 radical (unpaired) electrons. The highest BCUT2D eigenvalue weighted by molar-refractivity contribution is 4.81. The molecule has 0 saturated carbocycles. The Kier molecular flexibility index (Phi) is 6.87. The van der Waals surface area contributed by atoms with Gasteiger partial charge in [0.25, 0.3) is 0 Å². The van der Waals surface area contributed by atoms with Crippen LogP contribution in [0.3, 0.4) is 0 Å². The Morgan fingerprint density at radius 3 is 1.89 bits per heavy atom. The highest BCUT2D eigenvalue weighted by atomic mass is 19.4. The van der Waals surface area contributed by atoms with Gasteiger partial charge in [0.15, 0.2) is 5.60 Å². The van der Waals surface area contributed by atoms with E-state index in [2.05, 4.69) is 27.7 Å². The first-order chi connectivity index (χ1) is 8.48. The number of ether oxygens (including phenoxy) is 1. The summed E-state index contributed by atoms with van der Waals surface area (Å²) in [5.41, 5.74) is -2.04. The van der Waals surface area contributed by atoms with Crippen LogP contribution in [-0.4, -0.2) is 18.4 Å². The van der Waals surface area contributed by atoms with Crippen LogP contribution in [-0.2, 0) is 4.74 Å². The van der Waals surface area contributed by atoms with Gasteiger partial charge in [0.2, 0.25) is 0 Å². The van der Waals surface area contributed by atoms with Gasteiger partial charge in [-0.05, 0) is 31.6 Å². The van der Waals surface area contributed by atoms with E-state index in [1.165, 1.54) is 0 Å². The third-order valence-corrected chi connectivity index (χ3v) is 4.13. The molecule has 0 aromatic rings. The van der Waals surface area contributed by atoms with Crippen molar-refractivity contribution in [2.24, 2.45) is 11.3 Å². The topological polar surface area (TPSA) is 9.23 Å². The molecule has 0 aromatic carbocycles. The zero-order chi connectivity index (χ0) is 15.3. The molecule has 0 aromatic heterocycles. The van der Waals surface area contributed by atoms with E-state index in [0.717, 1.165) is 33.1 Å². The Morgan fingerprint density at radius 1 is 1.00 bits per heavy atom. The van der Waals surface area contributed by atoms with Crippen LogP contribution in [0.5, 0.6) is 0 Å². The summed E-state index contributed by atoms with van der Waals surface area (Å²) in [5.74, 6) is 0.537. The lowest BCUT2D eigenvalue weighted by Gasteiger charge is -2.35. The second kappa shape index (κ2) is 6.96. The summed E-state index contributed by atoms with van der Waals surface area (Å²) in [7, 11) is 0. The summed E-state index contributed by atoms with van der Waals surface area (Å²) < 4.78 is 43.1. The van der Waals surface area contributed by atoms with Crippen LogP contribution in [0, 0.1) is 11.3 Å².